The molecule has 0 radical (unpaired) electrons. The van der Waals surface area contributed by atoms with E-state index in [2.05, 4.69) is 23.1 Å². The van der Waals surface area contributed by atoms with Crippen LogP contribution in [0.4, 0.5) is 0 Å². The van der Waals surface area contributed by atoms with Crippen LogP contribution in [0.1, 0.15) is 24.9 Å². The lowest BCUT2D eigenvalue weighted by atomic mass is 9.94. The third-order valence-corrected chi connectivity index (χ3v) is 4.00. The maximum absolute atomic E-state index is 5.95. The first-order valence-electron chi connectivity index (χ1n) is 6.61. The van der Waals surface area contributed by atoms with Crippen molar-refractivity contribution in [1.29, 1.82) is 0 Å². The first kappa shape index (κ1) is 13.5. The Hall–Kier alpha value is -0.910. The largest absolute Gasteiger partial charge is 0.380 e. The van der Waals surface area contributed by atoms with E-state index >= 15 is 0 Å². The van der Waals surface area contributed by atoms with Crippen LogP contribution in [0.5, 0.6) is 0 Å². The molecule has 3 unspecified atom stereocenters. The molecule has 1 aromatic heterocycles. The minimum Gasteiger partial charge on any atom is -0.380 e. The lowest BCUT2D eigenvalue weighted by molar-refractivity contribution is -0.0183. The van der Waals surface area contributed by atoms with E-state index in [1.54, 1.807) is 7.11 Å². The van der Waals surface area contributed by atoms with Gasteiger partial charge >= 0.3 is 0 Å². The van der Waals surface area contributed by atoms with E-state index in [1.165, 1.54) is 5.56 Å². The molecule has 0 aromatic carbocycles. The van der Waals surface area contributed by atoms with Gasteiger partial charge in [-0.05, 0) is 18.9 Å². The van der Waals surface area contributed by atoms with Crippen LogP contribution in [0.2, 0.25) is 0 Å². The van der Waals surface area contributed by atoms with E-state index in [1.807, 2.05) is 17.9 Å². The van der Waals surface area contributed by atoms with Crippen molar-refractivity contribution in [2.45, 2.75) is 25.5 Å². The number of nitrogens with zero attached hydrogens (tertiary/aromatic N) is 3. The normalized spacial score (nSPS) is 27.3. The maximum atomic E-state index is 5.95. The Morgan fingerprint density at radius 3 is 2.94 bits per heavy atom. The molecule has 1 aliphatic rings. The van der Waals surface area contributed by atoms with Gasteiger partial charge in [0.2, 0.25) is 0 Å². The van der Waals surface area contributed by atoms with Gasteiger partial charge < -0.3 is 10.5 Å². The van der Waals surface area contributed by atoms with Crippen molar-refractivity contribution in [1.82, 2.24) is 14.7 Å². The SMILES string of the molecule is COC1CN(C(CN)c2cnn(C)c2)CCC1C. The van der Waals surface area contributed by atoms with Gasteiger partial charge in [0.1, 0.15) is 0 Å². The van der Waals surface area contributed by atoms with Crippen LogP contribution in [0.25, 0.3) is 0 Å². The predicted molar refractivity (Wildman–Crippen MR) is 71.2 cm³/mol. The van der Waals surface area contributed by atoms with E-state index in [-0.39, 0.29) is 6.04 Å². The summed E-state index contributed by atoms with van der Waals surface area (Å²) in [6.07, 6.45) is 5.44. The van der Waals surface area contributed by atoms with Crippen LogP contribution < -0.4 is 5.73 Å². The Bertz CT molecular complexity index is 379. The standard InChI is InChI=1S/C13H24N4O/c1-10-4-5-17(9-13(10)18-3)12(6-14)11-7-15-16(2)8-11/h7-8,10,12-13H,4-6,9,14H2,1-3H3. The van der Waals surface area contributed by atoms with E-state index in [0.717, 1.165) is 19.5 Å². The maximum Gasteiger partial charge on any atom is 0.0724 e. The molecular weight excluding hydrogens is 228 g/mol. The fraction of sp³-hybridized carbons (Fsp3) is 0.769. The summed E-state index contributed by atoms with van der Waals surface area (Å²) < 4.78 is 7.40. The van der Waals surface area contributed by atoms with Gasteiger partial charge in [0, 0.05) is 39.0 Å². The molecule has 2 heterocycles. The zero-order valence-electron chi connectivity index (χ0n) is 11.5. The molecule has 2 N–H and O–H groups in total. The molecule has 1 fully saturated rings. The van der Waals surface area contributed by atoms with Crippen LogP contribution in [-0.2, 0) is 11.8 Å². The minimum atomic E-state index is 0.254. The number of methoxy groups -OCH3 is 1. The summed E-state index contributed by atoms with van der Waals surface area (Å²) in [4.78, 5) is 2.42. The Labute approximate surface area is 109 Å². The highest BCUT2D eigenvalue weighted by Gasteiger charge is 2.30. The van der Waals surface area contributed by atoms with E-state index in [9.17, 15) is 0 Å². The van der Waals surface area contributed by atoms with Crippen LogP contribution in [-0.4, -0.2) is 47.5 Å². The van der Waals surface area contributed by atoms with Gasteiger partial charge in [-0.1, -0.05) is 6.92 Å². The molecule has 5 nitrogen and oxygen atoms in total. The Kier molecular flexibility index (Phi) is 4.37. The number of hydrogen-bond donors (Lipinski definition) is 1. The summed E-state index contributed by atoms with van der Waals surface area (Å²) >= 11 is 0. The summed E-state index contributed by atoms with van der Waals surface area (Å²) in [6.45, 7) is 4.91. The van der Waals surface area contributed by atoms with Crippen molar-refractivity contribution in [2.24, 2.45) is 18.7 Å². The molecule has 0 bridgehead atoms. The second-order valence-electron chi connectivity index (χ2n) is 5.23. The lowest BCUT2D eigenvalue weighted by Gasteiger charge is -2.40. The van der Waals surface area contributed by atoms with Gasteiger partial charge in [-0.3, -0.25) is 9.58 Å². The predicted octanol–water partition coefficient (Wildman–Crippen LogP) is 0.777. The number of ether oxygens (including phenoxy) is 1. The third-order valence-electron chi connectivity index (χ3n) is 4.00. The smallest absolute Gasteiger partial charge is 0.0724 e. The topological polar surface area (TPSA) is 56.3 Å². The van der Waals surface area contributed by atoms with E-state index in [0.29, 0.717) is 18.6 Å². The van der Waals surface area contributed by atoms with Crippen molar-refractivity contribution in [3.05, 3.63) is 18.0 Å². The highest BCUT2D eigenvalue weighted by atomic mass is 16.5. The van der Waals surface area contributed by atoms with Crippen molar-refractivity contribution in [3.8, 4) is 0 Å². The Morgan fingerprint density at radius 1 is 1.61 bits per heavy atom. The van der Waals surface area contributed by atoms with Crippen molar-refractivity contribution >= 4 is 0 Å². The van der Waals surface area contributed by atoms with Crippen molar-refractivity contribution in [3.63, 3.8) is 0 Å². The van der Waals surface area contributed by atoms with Crippen molar-refractivity contribution in [2.75, 3.05) is 26.7 Å². The molecule has 3 atom stereocenters. The first-order valence-corrected chi connectivity index (χ1v) is 6.61. The van der Waals surface area contributed by atoms with Gasteiger partial charge in [-0.25, -0.2) is 0 Å². The molecule has 18 heavy (non-hydrogen) atoms. The average molecular weight is 252 g/mol. The molecule has 5 heteroatoms. The molecule has 1 aliphatic heterocycles. The number of likely N-dealkylation sites (tertiary alicyclic amines) is 1. The molecular formula is C13H24N4O. The fourth-order valence-electron chi connectivity index (χ4n) is 2.76. The number of rotatable bonds is 4. The number of nitrogens with two attached hydrogens (primary N) is 1. The first-order chi connectivity index (χ1) is 8.65. The quantitative estimate of drug-likeness (QED) is 0.860. The van der Waals surface area contributed by atoms with Crippen LogP contribution >= 0.6 is 0 Å². The third kappa shape index (κ3) is 2.74. The molecule has 0 amide bonds. The van der Waals surface area contributed by atoms with Gasteiger partial charge in [0.15, 0.2) is 0 Å². The molecule has 1 aromatic rings. The zero-order chi connectivity index (χ0) is 13.1. The highest BCUT2D eigenvalue weighted by molar-refractivity contribution is 5.11. The van der Waals surface area contributed by atoms with Gasteiger partial charge in [-0.15, -0.1) is 0 Å². The molecule has 0 spiro atoms. The van der Waals surface area contributed by atoms with Gasteiger partial charge in [0.05, 0.1) is 18.3 Å². The number of aromatic nitrogens is 2. The number of piperidine rings is 1. The minimum absolute atomic E-state index is 0.254. The molecule has 102 valence electrons. The van der Waals surface area contributed by atoms with Gasteiger partial charge in [0.25, 0.3) is 0 Å². The Morgan fingerprint density at radius 2 is 2.39 bits per heavy atom. The monoisotopic (exact) mass is 252 g/mol. The summed E-state index contributed by atoms with van der Waals surface area (Å²) in [5, 5.41) is 4.24. The van der Waals surface area contributed by atoms with Crippen LogP contribution in [0.3, 0.4) is 0 Å². The van der Waals surface area contributed by atoms with Crippen LogP contribution in [0, 0.1) is 5.92 Å². The molecule has 1 saturated heterocycles. The second-order valence-corrected chi connectivity index (χ2v) is 5.23. The molecule has 0 aliphatic carbocycles. The summed E-state index contributed by atoms with van der Waals surface area (Å²) in [5.74, 6) is 0.624. The number of hydrogen-bond acceptors (Lipinski definition) is 4. The Balaban J connectivity index is 2.09. The second kappa shape index (κ2) is 5.82. The fourth-order valence-corrected chi connectivity index (χ4v) is 2.76. The van der Waals surface area contributed by atoms with Crippen LogP contribution in [0.15, 0.2) is 12.4 Å². The molecule has 0 saturated carbocycles. The summed E-state index contributed by atoms with van der Waals surface area (Å²) in [5.41, 5.74) is 7.15. The van der Waals surface area contributed by atoms with E-state index in [4.69, 9.17) is 10.5 Å². The summed E-state index contributed by atoms with van der Waals surface area (Å²) in [6, 6.07) is 0.254. The number of aryl methyl sites for hydroxylation is 1. The van der Waals surface area contributed by atoms with Gasteiger partial charge in [-0.2, -0.15) is 5.10 Å². The zero-order valence-corrected chi connectivity index (χ0v) is 11.5. The lowest BCUT2D eigenvalue weighted by Crippen LogP contribution is -2.47. The van der Waals surface area contributed by atoms with E-state index < -0.39 is 0 Å². The summed E-state index contributed by atoms with van der Waals surface area (Å²) in [7, 11) is 3.74. The average Bonchev–Trinajstić information content (AvgIpc) is 2.79. The van der Waals surface area contributed by atoms with Crippen molar-refractivity contribution < 1.29 is 4.74 Å². The highest BCUT2D eigenvalue weighted by Crippen LogP contribution is 2.27. The molecule has 2 rings (SSSR count).